The highest BCUT2D eigenvalue weighted by molar-refractivity contribution is 5.93. The second-order valence-corrected chi connectivity index (χ2v) is 5.05. The van der Waals surface area contributed by atoms with Crippen LogP contribution in [0.1, 0.15) is 11.1 Å². The molecule has 0 radical (unpaired) electrons. The topological polar surface area (TPSA) is 37.8 Å². The monoisotopic (exact) mass is 281 g/mol. The minimum absolute atomic E-state index is 0.272. The quantitative estimate of drug-likeness (QED) is 0.768. The van der Waals surface area contributed by atoms with Crippen LogP contribution in [0.3, 0.4) is 0 Å². The van der Waals surface area contributed by atoms with Gasteiger partial charge in [-0.15, -0.1) is 0 Å². The molecule has 1 aromatic heterocycles. The fourth-order valence-electron chi connectivity index (χ4n) is 2.48. The Balaban J connectivity index is 2.32. The van der Waals surface area contributed by atoms with E-state index in [-0.39, 0.29) is 5.82 Å². The molecule has 4 heteroatoms. The zero-order valence-corrected chi connectivity index (χ0v) is 12.2. The van der Waals surface area contributed by atoms with Crippen molar-refractivity contribution in [2.75, 3.05) is 12.4 Å². The fourth-order valence-corrected chi connectivity index (χ4v) is 2.48. The van der Waals surface area contributed by atoms with Gasteiger partial charge >= 0.3 is 0 Å². The van der Waals surface area contributed by atoms with E-state index < -0.39 is 0 Å². The first-order valence-electron chi connectivity index (χ1n) is 6.82. The summed E-state index contributed by atoms with van der Waals surface area (Å²) >= 11 is 0. The van der Waals surface area contributed by atoms with Crippen LogP contribution in [0.15, 0.2) is 36.4 Å². The molecule has 1 N–H and O–H groups in total. The Bertz CT molecular complexity index is 828. The summed E-state index contributed by atoms with van der Waals surface area (Å²) in [5, 5.41) is 4.05. The first-order valence-corrected chi connectivity index (χ1v) is 6.82. The van der Waals surface area contributed by atoms with Crippen LogP contribution >= 0.6 is 0 Å². The number of nitrogens with zero attached hydrogens (tertiary/aromatic N) is 2. The van der Waals surface area contributed by atoms with Crippen molar-refractivity contribution in [3.63, 3.8) is 0 Å². The smallest absolute Gasteiger partial charge is 0.165 e. The molecule has 106 valence electrons. The Morgan fingerprint density at radius 2 is 1.67 bits per heavy atom. The van der Waals surface area contributed by atoms with Crippen LogP contribution in [0.4, 0.5) is 10.2 Å². The predicted octanol–water partition coefficient (Wildman–Crippen LogP) is 4.09. The Kier molecular flexibility index (Phi) is 3.29. The molecular formula is C17H16FN3. The van der Waals surface area contributed by atoms with Crippen LogP contribution in [0, 0.1) is 19.7 Å². The summed E-state index contributed by atoms with van der Waals surface area (Å²) < 4.78 is 14.3. The molecule has 3 rings (SSSR count). The molecule has 0 bridgehead atoms. The summed E-state index contributed by atoms with van der Waals surface area (Å²) in [5.74, 6) is 0.846. The summed E-state index contributed by atoms with van der Waals surface area (Å²) in [4.78, 5) is 9.02. The molecule has 0 amide bonds. The van der Waals surface area contributed by atoms with Crippen molar-refractivity contribution in [3.05, 3.63) is 53.3 Å². The molecule has 1 heterocycles. The van der Waals surface area contributed by atoms with Crippen molar-refractivity contribution in [2.45, 2.75) is 13.8 Å². The summed E-state index contributed by atoms with van der Waals surface area (Å²) in [6, 6.07) is 11.1. The second kappa shape index (κ2) is 5.13. The number of halogens is 1. The van der Waals surface area contributed by atoms with Gasteiger partial charge in [0.25, 0.3) is 0 Å². The molecule has 0 aliphatic carbocycles. The molecule has 0 saturated heterocycles. The molecule has 0 aliphatic rings. The van der Waals surface area contributed by atoms with Gasteiger partial charge in [-0.2, -0.15) is 0 Å². The lowest BCUT2D eigenvalue weighted by molar-refractivity contribution is 0.621. The molecule has 0 aliphatic heterocycles. The van der Waals surface area contributed by atoms with E-state index in [9.17, 15) is 4.39 Å². The van der Waals surface area contributed by atoms with E-state index >= 15 is 0 Å². The van der Waals surface area contributed by atoms with E-state index in [1.807, 2.05) is 38.2 Å². The zero-order chi connectivity index (χ0) is 15.0. The van der Waals surface area contributed by atoms with Crippen molar-refractivity contribution >= 4 is 16.7 Å². The second-order valence-electron chi connectivity index (χ2n) is 5.05. The third kappa shape index (κ3) is 2.23. The van der Waals surface area contributed by atoms with Crippen LogP contribution in [-0.4, -0.2) is 17.0 Å². The first-order chi connectivity index (χ1) is 10.1. The van der Waals surface area contributed by atoms with Gasteiger partial charge in [0.05, 0.1) is 11.1 Å². The molecule has 0 atom stereocenters. The minimum Gasteiger partial charge on any atom is -0.373 e. The number of fused-ring (bicyclic) bond motifs is 1. The van der Waals surface area contributed by atoms with Gasteiger partial charge in [-0.25, -0.2) is 14.4 Å². The van der Waals surface area contributed by atoms with Crippen LogP contribution in [0.5, 0.6) is 0 Å². The van der Waals surface area contributed by atoms with E-state index in [1.54, 1.807) is 19.1 Å². The maximum atomic E-state index is 14.3. The summed E-state index contributed by atoms with van der Waals surface area (Å²) in [6.07, 6.45) is 0. The number of rotatable bonds is 2. The van der Waals surface area contributed by atoms with Crippen LogP contribution in [0.25, 0.3) is 22.3 Å². The maximum absolute atomic E-state index is 14.3. The largest absolute Gasteiger partial charge is 0.373 e. The highest BCUT2D eigenvalue weighted by atomic mass is 19.1. The average Bonchev–Trinajstić information content (AvgIpc) is 2.49. The van der Waals surface area contributed by atoms with E-state index in [0.717, 1.165) is 16.5 Å². The Morgan fingerprint density at radius 1 is 0.952 bits per heavy atom. The Labute approximate surface area is 122 Å². The van der Waals surface area contributed by atoms with Crippen molar-refractivity contribution in [1.82, 2.24) is 9.97 Å². The Morgan fingerprint density at radius 3 is 2.43 bits per heavy atom. The molecule has 2 aromatic carbocycles. The van der Waals surface area contributed by atoms with Crippen molar-refractivity contribution < 1.29 is 4.39 Å². The number of benzene rings is 2. The summed E-state index contributed by atoms with van der Waals surface area (Å²) in [5.41, 5.74) is 2.92. The third-order valence-electron chi connectivity index (χ3n) is 3.60. The molecule has 0 saturated carbocycles. The van der Waals surface area contributed by atoms with Gasteiger partial charge in [0, 0.05) is 12.4 Å². The minimum atomic E-state index is -0.272. The lowest BCUT2D eigenvalue weighted by Gasteiger charge is -2.11. The number of aromatic nitrogens is 2. The zero-order valence-electron chi connectivity index (χ0n) is 12.2. The molecule has 21 heavy (non-hydrogen) atoms. The number of nitrogens with one attached hydrogen (secondary N) is 1. The van der Waals surface area contributed by atoms with Gasteiger partial charge in [-0.05, 0) is 37.1 Å². The molecule has 0 fully saturated rings. The summed E-state index contributed by atoms with van der Waals surface area (Å²) in [7, 11) is 1.81. The van der Waals surface area contributed by atoms with Crippen molar-refractivity contribution in [2.24, 2.45) is 0 Å². The van der Waals surface area contributed by atoms with E-state index in [0.29, 0.717) is 22.8 Å². The highest BCUT2D eigenvalue weighted by Crippen LogP contribution is 2.28. The van der Waals surface area contributed by atoms with E-state index in [4.69, 9.17) is 0 Å². The fraction of sp³-hybridized carbons (Fsp3) is 0.176. The molecule has 3 nitrogen and oxygen atoms in total. The maximum Gasteiger partial charge on any atom is 0.165 e. The number of hydrogen-bond acceptors (Lipinski definition) is 3. The van der Waals surface area contributed by atoms with Crippen LogP contribution in [-0.2, 0) is 0 Å². The molecule has 3 aromatic rings. The van der Waals surface area contributed by atoms with Gasteiger partial charge in [-0.3, -0.25) is 0 Å². The van der Waals surface area contributed by atoms with E-state index in [1.165, 1.54) is 0 Å². The third-order valence-corrected chi connectivity index (χ3v) is 3.60. The van der Waals surface area contributed by atoms with E-state index in [2.05, 4.69) is 15.3 Å². The number of aryl methyl sites for hydroxylation is 2. The normalized spacial score (nSPS) is 10.9. The molecule has 0 unspecified atom stereocenters. The van der Waals surface area contributed by atoms with Gasteiger partial charge in [0.1, 0.15) is 11.6 Å². The lowest BCUT2D eigenvalue weighted by atomic mass is 10.1. The van der Waals surface area contributed by atoms with Crippen molar-refractivity contribution in [1.29, 1.82) is 0 Å². The number of anilines is 1. The Hall–Kier alpha value is -2.49. The summed E-state index contributed by atoms with van der Waals surface area (Å²) in [6.45, 7) is 3.75. The van der Waals surface area contributed by atoms with Gasteiger partial charge < -0.3 is 5.32 Å². The average molecular weight is 281 g/mol. The SMILES string of the molecule is CNc1nc(-c2cccc(C)c2F)nc2cccc(C)c12. The highest BCUT2D eigenvalue weighted by Gasteiger charge is 2.14. The van der Waals surface area contributed by atoms with Crippen LogP contribution in [0.2, 0.25) is 0 Å². The molecular weight excluding hydrogens is 265 g/mol. The first kappa shape index (κ1) is 13.5. The van der Waals surface area contributed by atoms with Gasteiger partial charge in [0.15, 0.2) is 5.82 Å². The van der Waals surface area contributed by atoms with Crippen LogP contribution < -0.4 is 5.32 Å². The lowest BCUT2D eigenvalue weighted by Crippen LogP contribution is -2.01. The standard InChI is InChI=1S/C17H16FN3/c1-10-6-5-9-13-14(10)17(19-3)21-16(20-13)12-8-4-7-11(2)15(12)18/h4-9H,1-3H3,(H,19,20,21). The predicted molar refractivity (Wildman–Crippen MR) is 84.0 cm³/mol. The molecule has 0 spiro atoms. The number of hydrogen-bond donors (Lipinski definition) is 1. The van der Waals surface area contributed by atoms with Gasteiger partial charge in [0.2, 0.25) is 0 Å². The van der Waals surface area contributed by atoms with Crippen molar-refractivity contribution in [3.8, 4) is 11.4 Å². The van der Waals surface area contributed by atoms with Gasteiger partial charge in [-0.1, -0.05) is 24.3 Å².